The first-order chi connectivity index (χ1) is 13.3. The van der Waals surface area contributed by atoms with Gasteiger partial charge in [-0.05, 0) is 55.0 Å². The van der Waals surface area contributed by atoms with Gasteiger partial charge in [0.1, 0.15) is 11.5 Å². The summed E-state index contributed by atoms with van der Waals surface area (Å²) in [4.78, 5) is 12.3. The Labute approximate surface area is 166 Å². The van der Waals surface area contributed by atoms with E-state index in [0.717, 1.165) is 0 Å². The third-order valence-electron chi connectivity index (χ3n) is 4.22. The van der Waals surface area contributed by atoms with Gasteiger partial charge in [-0.1, -0.05) is 13.8 Å². The van der Waals surface area contributed by atoms with E-state index in [-0.39, 0.29) is 17.4 Å². The second-order valence-electron chi connectivity index (χ2n) is 6.08. The Bertz CT molecular complexity index is 907. The quantitative estimate of drug-likeness (QED) is 0.692. The molecular weight excluding hydrogens is 380 g/mol. The zero-order valence-corrected chi connectivity index (χ0v) is 17.4. The molecule has 2 aromatic carbocycles. The van der Waals surface area contributed by atoms with Crippen LogP contribution in [0.3, 0.4) is 0 Å². The number of benzene rings is 2. The van der Waals surface area contributed by atoms with E-state index in [4.69, 9.17) is 9.47 Å². The maximum atomic E-state index is 12.6. The summed E-state index contributed by atoms with van der Waals surface area (Å²) in [6.07, 6.45) is 0. The van der Waals surface area contributed by atoms with Crippen LogP contribution in [0.25, 0.3) is 0 Å². The first-order valence-corrected chi connectivity index (χ1v) is 10.4. The molecular formula is C20H26N2O5S. The number of hydrogen-bond acceptors (Lipinski definition) is 5. The van der Waals surface area contributed by atoms with Gasteiger partial charge in [-0.15, -0.1) is 0 Å². The molecule has 0 heterocycles. The molecule has 0 radical (unpaired) electrons. The van der Waals surface area contributed by atoms with E-state index in [1.165, 1.54) is 10.4 Å². The van der Waals surface area contributed by atoms with Crippen molar-refractivity contribution in [3.05, 3.63) is 48.0 Å². The van der Waals surface area contributed by atoms with Gasteiger partial charge in [0, 0.05) is 18.8 Å². The van der Waals surface area contributed by atoms with E-state index in [1.807, 2.05) is 0 Å². The van der Waals surface area contributed by atoms with Gasteiger partial charge in [0.15, 0.2) is 6.61 Å². The number of carbonyl (C=O) groups excluding carboxylic acids is 1. The zero-order valence-electron chi connectivity index (χ0n) is 16.6. The van der Waals surface area contributed by atoms with Gasteiger partial charge < -0.3 is 14.8 Å². The minimum absolute atomic E-state index is 0.186. The summed E-state index contributed by atoms with van der Waals surface area (Å²) in [6, 6.07) is 11.6. The number of aryl methyl sites for hydroxylation is 1. The molecule has 1 amide bonds. The van der Waals surface area contributed by atoms with E-state index >= 15 is 0 Å². The maximum Gasteiger partial charge on any atom is 0.262 e. The van der Waals surface area contributed by atoms with Crippen LogP contribution in [-0.4, -0.2) is 45.4 Å². The molecule has 0 bridgehead atoms. The Morgan fingerprint density at radius 3 is 2.25 bits per heavy atom. The predicted molar refractivity (Wildman–Crippen MR) is 108 cm³/mol. The molecule has 2 rings (SSSR count). The second-order valence-corrected chi connectivity index (χ2v) is 8.02. The number of nitrogens with one attached hydrogen (secondary N) is 1. The van der Waals surface area contributed by atoms with E-state index in [1.54, 1.807) is 64.3 Å². The highest BCUT2D eigenvalue weighted by molar-refractivity contribution is 7.89. The molecule has 1 N–H and O–H groups in total. The molecule has 8 heteroatoms. The van der Waals surface area contributed by atoms with Crippen LogP contribution in [0.4, 0.5) is 5.69 Å². The lowest BCUT2D eigenvalue weighted by molar-refractivity contribution is -0.118. The molecule has 152 valence electrons. The highest BCUT2D eigenvalue weighted by Crippen LogP contribution is 2.24. The fourth-order valence-corrected chi connectivity index (χ4v) is 4.22. The molecule has 7 nitrogen and oxygen atoms in total. The molecule has 0 aromatic heterocycles. The van der Waals surface area contributed by atoms with Crippen LogP contribution in [0.15, 0.2) is 47.4 Å². The van der Waals surface area contributed by atoms with Crippen LogP contribution in [0.1, 0.15) is 19.4 Å². The number of amides is 1. The standard InChI is InChI=1S/C20H26N2O5S/c1-5-22(6-2)28(24,25)18-11-12-19(15(3)13-18)27-14-20(23)21-16-7-9-17(26-4)10-8-16/h7-13H,5-6,14H2,1-4H3,(H,21,23). The van der Waals surface area contributed by atoms with Crippen molar-refractivity contribution in [2.24, 2.45) is 0 Å². The summed E-state index contributed by atoms with van der Waals surface area (Å²) in [7, 11) is -1.96. The average molecular weight is 407 g/mol. The molecule has 28 heavy (non-hydrogen) atoms. The molecule has 0 fully saturated rings. The first-order valence-electron chi connectivity index (χ1n) is 8.99. The molecule has 0 unspecified atom stereocenters. The molecule has 0 saturated heterocycles. The van der Waals surface area contributed by atoms with E-state index in [2.05, 4.69) is 5.32 Å². The molecule has 0 aliphatic heterocycles. The van der Waals surface area contributed by atoms with Crippen molar-refractivity contribution in [3.8, 4) is 11.5 Å². The van der Waals surface area contributed by atoms with Gasteiger partial charge >= 0.3 is 0 Å². The average Bonchev–Trinajstić information content (AvgIpc) is 2.68. The zero-order chi connectivity index (χ0) is 20.7. The van der Waals surface area contributed by atoms with E-state index < -0.39 is 10.0 Å². The Balaban J connectivity index is 2.01. The van der Waals surface area contributed by atoms with Gasteiger partial charge in [0.25, 0.3) is 5.91 Å². The van der Waals surface area contributed by atoms with Gasteiger partial charge in [-0.3, -0.25) is 4.79 Å². The molecule has 0 saturated carbocycles. The van der Waals surface area contributed by atoms with Crippen molar-refractivity contribution in [1.29, 1.82) is 0 Å². The van der Waals surface area contributed by atoms with Gasteiger partial charge in [-0.2, -0.15) is 4.31 Å². The first kappa shape index (κ1) is 21.7. The monoisotopic (exact) mass is 406 g/mol. The Morgan fingerprint density at radius 1 is 1.07 bits per heavy atom. The summed E-state index contributed by atoms with van der Waals surface area (Å²) >= 11 is 0. The largest absolute Gasteiger partial charge is 0.497 e. The van der Waals surface area contributed by atoms with Crippen LogP contribution < -0.4 is 14.8 Å². The lowest BCUT2D eigenvalue weighted by Gasteiger charge is -2.19. The summed E-state index contributed by atoms with van der Waals surface area (Å²) in [5, 5.41) is 2.73. The number of sulfonamides is 1. The summed E-state index contributed by atoms with van der Waals surface area (Å²) in [5.41, 5.74) is 1.28. The highest BCUT2D eigenvalue weighted by atomic mass is 32.2. The molecule has 0 spiro atoms. The van der Waals surface area contributed by atoms with Crippen molar-refractivity contribution in [1.82, 2.24) is 4.31 Å². The smallest absolute Gasteiger partial charge is 0.262 e. The second kappa shape index (κ2) is 9.57. The summed E-state index contributed by atoms with van der Waals surface area (Å²) in [6.45, 7) is 5.97. The van der Waals surface area contributed by atoms with Gasteiger partial charge in [0.2, 0.25) is 10.0 Å². The SMILES string of the molecule is CCN(CC)S(=O)(=O)c1ccc(OCC(=O)Nc2ccc(OC)cc2)c(C)c1. The van der Waals surface area contributed by atoms with Crippen molar-refractivity contribution in [2.45, 2.75) is 25.7 Å². The topological polar surface area (TPSA) is 84.9 Å². The molecule has 2 aromatic rings. The van der Waals surface area contributed by atoms with Crippen LogP contribution in [-0.2, 0) is 14.8 Å². The van der Waals surface area contributed by atoms with Crippen molar-refractivity contribution in [2.75, 3.05) is 32.1 Å². The number of rotatable bonds is 9. The van der Waals surface area contributed by atoms with Crippen LogP contribution >= 0.6 is 0 Å². The van der Waals surface area contributed by atoms with Crippen LogP contribution in [0.2, 0.25) is 0 Å². The third kappa shape index (κ3) is 5.24. The number of hydrogen-bond donors (Lipinski definition) is 1. The number of ether oxygens (including phenoxy) is 2. The molecule has 0 aliphatic carbocycles. The van der Waals surface area contributed by atoms with Crippen molar-refractivity contribution >= 4 is 21.6 Å². The number of methoxy groups -OCH3 is 1. The van der Waals surface area contributed by atoms with E-state index in [0.29, 0.717) is 35.8 Å². The van der Waals surface area contributed by atoms with Crippen molar-refractivity contribution < 1.29 is 22.7 Å². The third-order valence-corrected chi connectivity index (χ3v) is 6.27. The minimum Gasteiger partial charge on any atom is -0.497 e. The Morgan fingerprint density at radius 2 is 1.71 bits per heavy atom. The van der Waals surface area contributed by atoms with Crippen LogP contribution in [0, 0.1) is 6.92 Å². The highest BCUT2D eigenvalue weighted by Gasteiger charge is 2.22. The summed E-state index contributed by atoms with van der Waals surface area (Å²) < 4.78 is 37.2. The normalized spacial score (nSPS) is 11.3. The minimum atomic E-state index is -3.53. The number of carbonyl (C=O) groups is 1. The van der Waals surface area contributed by atoms with E-state index in [9.17, 15) is 13.2 Å². The fourth-order valence-electron chi connectivity index (χ4n) is 2.67. The van der Waals surface area contributed by atoms with Gasteiger partial charge in [0.05, 0.1) is 12.0 Å². The van der Waals surface area contributed by atoms with Crippen molar-refractivity contribution in [3.63, 3.8) is 0 Å². The number of anilines is 1. The Hall–Kier alpha value is -2.58. The summed E-state index contributed by atoms with van der Waals surface area (Å²) in [5.74, 6) is 0.845. The lowest BCUT2D eigenvalue weighted by Crippen LogP contribution is -2.30. The lowest BCUT2D eigenvalue weighted by atomic mass is 10.2. The Kier molecular flexibility index (Phi) is 7.42. The maximum absolute atomic E-state index is 12.6. The molecule has 0 aliphatic rings. The molecule has 0 atom stereocenters. The van der Waals surface area contributed by atoms with Crippen LogP contribution in [0.5, 0.6) is 11.5 Å². The fraction of sp³-hybridized carbons (Fsp3) is 0.350. The van der Waals surface area contributed by atoms with Gasteiger partial charge in [-0.25, -0.2) is 8.42 Å². The predicted octanol–water partition coefficient (Wildman–Crippen LogP) is 3.05. The number of nitrogens with zero attached hydrogens (tertiary/aromatic N) is 1.